The van der Waals surface area contributed by atoms with Gasteiger partial charge in [0.15, 0.2) is 0 Å². The van der Waals surface area contributed by atoms with Crippen LogP contribution in [0.4, 0.5) is 0 Å². The molecule has 1 heterocycles. The highest BCUT2D eigenvalue weighted by Gasteiger charge is 2.16. The van der Waals surface area contributed by atoms with Gasteiger partial charge in [-0.1, -0.05) is 18.2 Å². The molecule has 0 aliphatic rings. The third-order valence-electron chi connectivity index (χ3n) is 1.76. The van der Waals surface area contributed by atoms with Crippen LogP contribution in [0.3, 0.4) is 0 Å². The highest BCUT2D eigenvalue weighted by Crippen LogP contribution is 2.13. The summed E-state index contributed by atoms with van der Waals surface area (Å²) in [7, 11) is -3.84. The summed E-state index contributed by atoms with van der Waals surface area (Å²) in [6, 6.07) is 9.21. The van der Waals surface area contributed by atoms with Gasteiger partial charge < -0.3 is 4.18 Å². The van der Waals surface area contributed by atoms with Gasteiger partial charge in [0, 0.05) is 12.4 Å². The molecule has 0 saturated heterocycles. The van der Waals surface area contributed by atoms with Crippen molar-refractivity contribution in [3.8, 4) is 6.01 Å². The van der Waals surface area contributed by atoms with Gasteiger partial charge in [-0.05, 0) is 18.2 Å². The monoisotopic (exact) mass is 236 g/mol. The standard InChI is InChI=1S/C10H8N2O3S/c13-16(14,9-5-2-1-3-6-9)15-10-11-7-4-8-12-10/h1-8H. The van der Waals surface area contributed by atoms with Gasteiger partial charge in [0.1, 0.15) is 4.90 Å². The molecule has 16 heavy (non-hydrogen) atoms. The van der Waals surface area contributed by atoms with E-state index in [0.717, 1.165) is 0 Å². The van der Waals surface area contributed by atoms with Crippen molar-refractivity contribution in [2.24, 2.45) is 0 Å². The van der Waals surface area contributed by atoms with Crippen LogP contribution in [-0.2, 0) is 10.1 Å². The molecule has 0 bridgehead atoms. The second kappa shape index (κ2) is 4.28. The fourth-order valence-electron chi connectivity index (χ4n) is 1.06. The van der Waals surface area contributed by atoms with E-state index in [1.807, 2.05) is 0 Å². The summed E-state index contributed by atoms with van der Waals surface area (Å²) in [5.74, 6) is 0. The molecule has 2 aromatic rings. The first kappa shape index (κ1) is 10.6. The lowest BCUT2D eigenvalue weighted by Crippen LogP contribution is -2.11. The lowest BCUT2D eigenvalue weighted by Gasteiger charge is -2.03. The SMILES string of the molecule is O=S(=O)(Oc1ncccn1)c1ccccc1. The molecule has 0 spiro atoms. The zero-order chi connectivity index (χ0) is 11.4. The second-order valence-corrected chi connectivity index (χ2v) is 4.43. The minimum atomic E-state index is -3.84. The topological polar surface area (TPSA) is 69.2 Å². The molecule has 0 aliphatic carbocycles. The highest BCUT2D eigenvalue weighted by molar-refractivity contribution is 7.87. The van der Waals surface area contributed by atoms with Crippen molar-refractivity contribution in [2.75, 3.05) is 0 Å². The van der Waals surface area contributed by atoms with Crippen LogP contribution < -0.4 is 4.18 Å². The number of hydrogen-bond acceptors (Lipinski definition) is 5. The molecule has 6 heteroatoms. The van der Waals surface area contributed by atoms with Crippen molar-refractivity contribution in [1.29, 1.82) is 0 Å². The Hall–Kier alpha value is -1.95. The minimum absolute atomic E-state index is 0.0717. The Morgan fingerprint density at radius 2 is 1.56 bits per heavy atom. The van der Waals surface area contributed by atoms with Crippen LogP contribution in [0.2, 0.25) is 0 Å². The number of aromatic nitrogens is 2. The Morgan fingerprint density at radius 1 is 0.938 bits per heavy atom. The molecule has 0 N–H and O–H groups in total. The van der Waals surface area contributed by atoms with E-state index in [0.29, 0.717) is 0 Å². The summed E-state index contributed by atoms with van der Waals surface area (Å²) in [5, 5.41) is 0. The van der Waals surface area contributed by atoms with E-state index in [4.69, 9.17) is 4.18 Å². The van der Waals surface area contributed by atoms with Crippen molar-refractivity contribution in [1.82, 2.24) is 9.97 Å². The zero-order valence-corrected chi connectivity index (χ0v) is 8.96. The summed E-state index contributed by atoms with van der Waals surface area (Å²) < 4.78 is 28.1. The van der Waals surface area contributed by atoms with E-state index in [1.54, 1.807) is 24.3 Å². The molecule has 0 unspecified atom stereocenters. The maximum absolute atomic E-state index is 11.7. The summed E-state index contributed by atoms with van der Waals surface area (Å²) in [5.41, 5.74) is 0. The Kier molecular flexibility index (Phi) is 2.82. The molecular formula is C10H8N2O3S. The third-order valence-corrected chi connectivity index (χ3v) is 2.98. The maximum atomic E-state index is 11.7. The van der Waals surface area contributed by atoms with E-state index in [-0.39, 0.29) is 10.9 Å². The van der Waals surface area contributed by atoms with Crippen molar-refractivity contribution < 1.29 is 12.6 Å². The minimum Gasteiger partial charge on any atom is -0.339 e. The van der Waals surface area contributed by atoms with Crippen LogP contribution in [-0.4, -0.2) is 18.4 Å². The third kappa shape index (κ3) is 2.34. The molecule has 5 nitrogen and oxygen atoms in total. The van der Waals surface area contributed by atoms with E-state index in [1.165, 1.54) is 24.5 Å². The Morgan fingerprint density at radius 3 is 2.19 bits per heavy atom. The molecule has 2 rings (SSSR count). The predicted octanol–water partition coefficient (Wildman–Crippen LogP) is 1.24. The zero-order valence-electron chi connectivity index (χ0n) is 8.15. The summed E-state index contributed by atoms with van der Waals surface area (Å²) in [4.78, 5) is 7.43. The summed E-state index contributed by atoms with van der Waals surface area (Å²) in [6.07, 6.45) is 2.81. The average Bonchev–Trinajstić information content (AvgIpc) is 2.31. The second-order valence-electron chi connectivity index (χ2n) is 2.88. The van der Waals surface area contributed by atoms with Gasteiger partial charge in [-0.25, -0.2) is 9.97 Å². The maximum Gasteiger partial charge on any atom is 0.341 e. The van der Waals surface area contributed by atoms with Gasteiger partial charge in [-0.3, -0.25) is 0 Å². The first-order chi connectivity index (χ1) is 7.68. The van der Waals surface area contributed by atoms with Gasteiger partial charge in [-0.15, -0.1) is 0 Å². The molecule has 0 aliphatic heterocycles. The van der Waals surface area contributed by atoms with Crippen molar-refractivity contribution >= 4 is 10.1 Å². The molecule has 82 valence electrons. The van der Waals surface area contributed by atoms with Crippen LogP contribution in [0.5, 0.6) is 6.01 Å². The Labute approximate surface area is 92.9 Å². The normalized spacial score (nSPS) is 11.0. The van der Waals surface area contributed by atoms with Gasteiger partial charge >= 0.3 is 16.1 Å². The van der Waals surface area contributed by atoms with Crippen molar-refractivity contribution in [3.63, 3.8) is 0 Å². The fourth-order valence-corrected chi connectivity index (χ4v) is 1.93. The van der Waals surface area contributed by atoms with Crippen molar-refractivity contribution in [3.05, 3.63) is 48.8 Å². The Balaban J connectivity index is 2.29. The van der Waals surface area contributed by atoms with E-state index in [2.05, 4.69) is 9.97 Å². The quantitative estimate of drug-likeness (QED) is 0.750. The van der Waals surface area contributed by atoms with Gasteiger partial charge in [-0.2, -0.15) is 8.42 Å². The van der Waals surface area contributed by atoms with Crippen LogP contribution in [0.1, 0.15) is 0 Å². The summed E-state index contributed by atoms with van der Waals surface area (Å²) >= 11 is 0. The smallest absolute Gasteiger partial charge is 0.339 e. The predicted molar refractivity (Wildman–Crippen MR) is 56.3 cm³/mol. The molecule has 1 aromatic heterocycles. The lowest BCUT2D eigenvalue weighted by atomic mass is 10.4. The van der Waals surface area contributed by atoms with Gasteiger partial charge in [0.2, 0.25) is 0 Å². The van der Waals surface area contributed by atoms with E-state index >= 15 is 0 Å². The molecule has 0 radical (unpaired) electrons. The molecule has 0 amide bonds. The van der Waals surface area contributed by atoms with Crippen LogP contribution >= 0.6 is 0 Å². The first-order valence-electron chi connectivity index (χ1n) is 4.45. The van der Waals surface area contributed by atoms with Crippen molar-refractivity contribution in [2.45, 2.75) is 4.90 Å². The van der Waals surface area contributed by atoms with E-state index < -0.39 is 10.1 Å². The molecule has 0 fully saturated rings. The number of nitrogens with zero attached hydrogens (tertiary/aromatic N) is 2. The lowest BCUT2D eigenvalue weighted by molar-refractivity contribution is 0.464. The Bertz CT molecular complexity index is 555. The molecule has 0 atom stereocenters. The number of hydrogen-bond donors (Lipinski definition) is 0. The largest absolute Gasteiger partial charge is 0.341 e. The average molecular weight is 236 g/mol. The fraction of sp³-hybridized carbons (Fsp3) is 0. The van der Waals surface area contributed by atoms with Gasteiger partial charge in [0.25, 0.3) is 0 Å². The molecular weight excluding hydrogens is 228 g/mol. The van der Waals surface area contributed by atoms with Crippen LogP contribution in [0.15, 0.2) is 53.7 Å². The molecule has 1 aromatic carbocycles. The molecule has 0 saturated carbocycles. The summed E-state index contributed by atoms with van der Waals surface area (Å²) in [6.45, 7) is 0. The van der Waals surface area contributed by atoms with Crippen LogP contribution in [0, 0.1) is 0 Å². The van der Waals surface area contributed by atoms with Crippen LogP contribution in [0.25, 0.3) is 0 Å². The highest BCUT2D eigenvalue weighted by atomic mass is 32.2. The van der Waals surface area contributed by atoms with E-state index in [9.17, 15) is 8.42 Å². The number of benzene rings is 1. The number of rotatable bonds is 3. The first-order valence-corrected chi connectivity index (χ1v) is 5.86. The van der Waals surface area contributed by atoms with Gasteiger partial charge in [0.05, 0.1) is 0 Å².